The van der Waals surface area contributed by atoms with Crippen molar-refractivity contribution < 1.29 is 0 Å². The van der Waals surface area contributed by atoms with Crippen LogP contribution in [-0.4, -0.2) is 48.7 Å². The van der Waals surface area contributed by atoms with Crippen LogP contribution in [0.5, 0.6) is 0 Å². The highest BCUT2D eigenvalue weighted by Crippen LogP contribution is 2.12. The Morgan fingerprint density at radius 2 is 2.06 bits per heavy atom. The topological polar surface area (TPSA) is 18.5 Å². The quantitative estimate of drug-likeness (QED) is 0.736. The van der Waals surface area contributed by atoms with Gasteiger partial charge in [-0.25, -0.2) is 0 Å². The largest absolute Gasteiger partial charge is 0.373 e. The van der Waals surface area contributed by atoms with Crippen LogP contribution >= 0.6 is 0 Å². The van der Waals surface area contributed by atoms with Crippen LogP contribution in [0.2, 0.25) is 0 Å². The second-order valence-electron chi connectivity index (χ2n) is 4.92. The molecule has 0 aromatic heterocycles. The number of allylic oxidation sites excluding steroid dienone is 3. The summed E-state index contributed by atoms with van der Waals surface area (Å²) in [4.78, 5) is 5.04. The number of nitrogens with zero attached hydrogens (tertiary/aromatic N) is 2. The third-order valence-corrected chi connectivity index (χ3v) is 3.84. The van der Waals surface area contributed by atoms with Crippen LogP contribution in [0, 0.1) is 0 Å². The van der Waals surface area contributed by atoms with Crippen LogP contribution < -0.4 is 5.32 Å². The second kappa shape index (κ2) is 6.22. The highest BCUT2D eigenvalue weighted by atomic mass is 15.3. The molecule has 0 bridgehead atoms. The summed E-state index contributed by atoms with van der Waals surface area (Å²) < 4.78 is 0. The highest BCUT2D eigenvalue weighted by molar-refractivity contribution is 5.00. The molecule has 0 radical (unpaired) electrons. The SMILES string of the molecule is C/C=C(/C)N1CCN(C2C=CCCCN2)CC1. The van der Waals surface area contributed by atoms with Crippen LogP contribution in [0.3, 0.4) is 0 Å². The molecular formula is C14H25N3. The van der Waals surface area contributed by atoms with Crippen LogP contribution in [0.25, 0.3) is 0 Å². The summed E-state index contributed by atoms with van der Waals surface area (Å²) in [6, 6.07) is 0. The summed E-state index contributed by atoms with van der Waals surface area (Å²) in [5, 5.41) is 3.62. The molecule has 1 fully saturated rings. The minimum Gasteiger partial charge on any atom is -0.373 e. The minimum absolute atomic E-state index is 0.463. The van der Waals surface area contributed by atoms with E-state index in [0.717, 1.165) is 32.7 Å². The molecule has 3 nitrogen and oxygen atoms in total. The molecule has 0 amide bonds. The van der Waals surface area contributed by atoms with Crippen molar-refractivity contribution in [2.75, 3.05) is 32.7 Å². The van der Waals surface area contributed by atoms with E-state index in [0.29, 0.717) is 6.17 Å². The van der Waals surface area contributed by atoms with E-state index in [1.165, 1.54) is 18.5 Å². The summed E-state index contributed by atoms with van der Waals surface area (Å²) in [6.07, 6.45) is 9.83. The molecule has 17 heavy (non-hydrogen) atoms. The Balaban J connectivity index is 1.85. The minimum atomic E-state index is 0.463. The summed E-state index contributed by atoms with van der Waals surface area (Å²) in [5.41, 5.74) is 1.41. The van der Waals surface area contributed by atoms with Crippen molar-refractivity contribution in [2.24, 2.45) is 0 Å². The fourth-order valence-corrected chi connectivity index (χ4v) is 2.55. The van der Waals surface area contributed by atoms with Gasteiger partial charge in [-0.3, -0.25) is 10.2 Å². The van der Waals surface area contributed by atoms with Crippen molar-refractivity contribution >= 4 is 0 Å². The van der Waals surface area contributed by atoms with Gasteiger partial charge in [0.05, 0.1) is 6.17 Å². The number of nitrogens with one attached hydrogen (secondary N) is 1. The van der Waals surface area contributed by atoms with Crippen molar-refractivity contribution in [1.29, 1.82) is 0 Å². The maximum Gasteiger partial charge on any atom is 0.0790 e. The van der Waals surface area contributed by atoms with Crippen LogP contribution in [0.1, 0.15) is 26.7 Å². The molecule has 3 heteroatoms. The zero-order chi connectivity index (χ0) is 12.1. The molecule has 1 atom stereocenters. The number of piperazine rings is 1. The Labute approximate surface area is 105 Å². The van der Waals surface area contributed by atoms with E-state index in [1.54, 1.807) is 0 Å². The number of hydrogen-bond acceptors (Lipinski definition) is 3. The van der Waals surface area contributed by atoms with Crippen molar-refractivity contribution in [3.8, 4) is 0 Å². The monoisotopic (exact) mass is 235 g/mol. The van der Waals surface area contributed by atoms with Gasteiger partial charge < -0.3 is 4.90 Å². The van der Waals surface area contributed by atoms with E-state index in [1.807, 2.05) is 0 Å². The zero-order valence-corrected chi connectivity index (χ0v) is 11.2. The molecule has 0 aromatic rings. The second-order valence-corrected chi connectivity index (χ2v) is 4.92. The lowest BCUT2D eigenvalue weighted by Gasteiger charge is -2.39. The van der Waals surface area contributed by atoms with Crippen molar-refractivity contribution in [1.82, 2.24) is 15.1 Å². The Hall–Kier alpha value is -0.800. The molecular weight excluding hydrogens is 210 g/mol. The molecule has 2 rings (SSSR count). The summed E-state index contributed by atoms with van der Waals surface area (Å²) >= 11 is 0. The van der Waals surface area contributed by atoms with E-state index in [9.17, 15) is 0 Å². The third kappa shape index (κ3) is 3.33. The normalized spacial score (nSPS) is 28.2. The molecule has 0 saturated carbocycles. The first-order valence-electron chi connectivity index (χ1n) is 6.83. The van der Waals surface area contributed by atoms with Crippen LogP contribution in [-0.2, 0) is 0 Å². The molecule has 96 valence electrons. The van der Waals surface area contributed by atoms with Gasteiger partial charge in [0.2, 0.25) is 0 Å². The lowest BCUT2D eigenvalue weighted by atomic mass is 10.2. The van der Waals surface area contributed by atoms with Crippen molar-refractivity contribution in [3.05, 3.63) is 23.9 Å². The predicted octanol–water partition coefficient (Wildman–Crippen LogP) is 1.79. The summed E-state index contributed by atoms with van der Waals surface area (Å²) in [7, 11) is 0. The zero-order valence-electron chi connectivity index (χ0n) is 11.2. The lowest BCUT2D eigenvalue weighted by molar-refractivity contribution is 0.120. The smallest absolute Gasteiger partial charge is 0.0790 e. The molecule has 2 aliphatic rings. The lowest BCUT2D eigenvalue weighted by Crippen LogP contribution is -2.53. The summed E-state index contributed by atoms with van der Waals surface area (Å²) in [5.74, 6) is 0. The molecule has 1 N–H and O–H groups in total. The Morgan fingerprint density at radius 1 is 1.29 bits per heavy atom. The first-order valence-corrected chi connectivity index (χ1v) is 6.83. The third-order valence-electron chi connectivity index (χ3n) is 3.84. The van der Waals surface area contributed by atoms with Gasteiger partial charge in [0.15, 0.2) is 0 Å². The molecule has 1 saturated heterocycles. The first kappa shape index (κ1) is 12.7. The number of hydrogen-bond donors (Lipinski definition) is 1. The van der Waals surface area contributed by atoms with Crippen LogP contribution in [0.15, 0.2) is 23.9 Å². The van der Waals surface area contributed by atoms with E-state index in [2.05, 4.69) is 47.2 Å². The fourth-order valence-electron chi connectivity index (χ4n) is 2.55. The first-order chi connectivity index (χ1) is 8.31. The van der Waals surface area contributed by atoms with Crippen molar-refractivity contribution in [2.45, 2.75) is 32.9 Å². The maximum atomic E-state index is 3.62. The van der Waals surface area contributed by atoms with E-state index in [-0.39, 0.29) is 0 Å². The van der Waals surface area contributed by atoms with Gasteiger partial charge in [0, 0.05) is 31.9 Å². The Bertz CT molecular complexity index is 288. The van der Waals surface area contributed by atoms with Crippen LogP contribution in [0.4, 0.5) is 0 Å². The van der Waals surface area contributed by atoms with Gasteiger partial charge in [-0.1, -0.05) is 18.2 Å². The molecule has 0 aromatic carbocycles. The molecule has 2 heterocycles. The standard InChI is InChI=1S/C14H25N3/c1-3-13(2)16-9-11-17(12-10-16)14-7-5-4-6-8-15-14/h3,5,7,14-15H,4,6,8-12H2,1-2H3/b13-3-. The van der Waals surface area contributed by atoms with Gasteiger partial charge in [-0.2, -0.15) is 0 Å². The molecule has 1 unspecified atom stereocenters. The van der Waals surface area contributed by atoms with Gasteiger partial charge in [0.1, 0.15) is 0 Å². The molecule has 2 aliphatic heterocycles. The molecule has 0 spiro atoms. The van der Waals surface area contributed by atoms with Gasteiger partial charge >= 0.3 is 0 Å². The van der Waals surface area contributed by atoms with Gasteiger partial charge in [-0.15, -0.1) is 0 Å². The fraction of sp³-hybridized carbons (Fsp3) is 0.714. The van der Waals surface area contributed by atoms with E-state index >= 15 is 0 Å². The molecule has 0 aliphatic carbocycles. The summed E-state index contributed by atoms with van der Waals surface area (Å²) in [6.45, 7) is 10.1. The van der Waals surface area contributed by atoms with E-state index < -0.39 is 0 Å². The maximum absolute atomic E-state index is 3.62. The Kier molecular flexibility index (Phi) is 4.63. The highest BCUT2D eigenvalue weighted by Gasteiger charge is 2.22. The average Bonchev–Trinajstić information content (AvgIpc) is 2.67. The Morgan fingerprint density at radius 3 is 2.76 bits per heavy atom. The number of rotatable bonds is 2. The van der Waals surface area contributed by atoms with Crippen molar-refractivity contribution in [3.63, 3.8) is 0 Å². The van der Waals surface area contributed by atoms with Gasteiger partial charge in [0.25, 0.3) is 0 Å². The van der Waals surface area contributed by atoms with Gasteiger partial charge in [-0.05, 0) is 33.2 Å². The van der Waals surface area contributed by atoms with E-state index in [4.69, 9.17) is 0 Å². The average molecular weight is 235 g/mol. The predicted molar refractivity (Wildman–Crippen MR) is 72.7 cm³/mol.